The number of carbonyl (C=O) groups is 1. The SMILES string of the molecule is CC1(C)Cc2ccccc2O1.C[C@@]12CCCC[C@@H]1NC(=O)C2. The molecule has 2 aliphatic heterocycles. The minimum atomic E-state index is 0.00366. The standard InChI is InChI=1S/C10H12O.C9H15NO/c1-10(2)7-8-5-3-4-6-9(8)11-10;1-9-5-3-2-4-7(9)10-8(11)6-9/h3-6H,7H2,1-2H3;7H,2-6H2,1H3,(H,10,11)/t;7-,9-/m.0/s1. The number of para-hydroxylation sites is 1. The van der Waals surface area contributed by atoms with Gasteiger partial charge in [0, 0.05) is 18.9 Å². The van der Waals surface area contributed by atoms with Crippen LogP contribution in [-0.2, 0) is 11.2 Å². The van der Waals surface area contributed by atoms with E-state index in [1.54, 1.807) is 0 Å². The molecule has 1 saturated carbocycles. The first-order chi connectivity index (χ1) is 10.4. The fourth-order valence-corrected chi connectivity index (χ4v) is 4.01. The highest BCUT2D eigenvalue weighted by Crippen LogP contribution is 2.42. The molecule has 3 aliphatic rings. The summed E-state index contributed by atoms with van der Waals surface area (Å²) >= 11 is 0. The van der Waals surface area contributed by atoms with Gasteiger partial charge in [-0.1, -0.05) is 38.0 Å². The second-order valence-electron chi connectivity index (χ2n) is 7.84. The monoisotopic (exact) mass is 301 g/mol. The maximum Gasteiger partial charge on any atom is 0.220 e. The van der Waals surface area contributed by atoms with Crippen LogP contribution in [0.4, 0.5) is 0 Å². The Morgan fingerprint density at radius 2 is 1.91 bits per heavy atom. The molecule has 2 heterocycles. The Balaban J connectivity index is 0.000000131. The van der Waals surface area contributed by atoms with E-state index in [-0.39, 0.29) is 11.5 Å². The van der Waals surface area contributed by atoms with Gasteiger partial charge in [-0.3, -0.25) is 4.79 Å². The van der Waals surface area contributed by atoms with Crippen LogP contribution in [0.15, 0.2) is 24.3 Å². The minimum absolute atomic E-state index is 0.00366. The molecule has 0 spiro atoms. The summed E-state index contributed by atoms with van der Waals surface area (Å²) in [4.78, 5) is 11.1. The quantitative estimate of drug-likeness (QED) is 0.790. The second kappa shape index (κ2) is 5.60. The van der Waals surface area contributed by atoms with Crippen molar-refractivity contribution >= 4 is 5.91 Å². The molecule has 1 aromatic carbocycles. The molecule has 0 radical (unpaired) electrons. The molecule has 2 fully saturated rings. The van der Waals surface area contributed by atoms with E-state index in [0.717, 1.165) is 18.6 Å². The molecule has 4 rings (SSSR count). The summed E-state index contributed by atoms with van der Waals surface area (Å²) < 4.78 is 5.69. The van der Waals surface area contributed by atoms with E-state index in [2.05, 4.69) is 38.2 Å². The van der Waals surface area contributed by atoms with Crippen molar-refractivity contribution in [3.05, 3.63) is 29.8 Å². The van der Waals surface area contributed by atoms with Crippen molar-refractivity contribution in [2.45, 2.75) is 70.9 Å². The third-order valence-electron chi connectivity index (χ3n) is 5.21. The first-order valence-electron chi connectivity index (χ1n) is 8.44. The number of benzene rings is 1. The van der Waals surface area contributed by atoms with Crippen LogP contribution in [0.2, 0.25) is 0 Å². The van der Waals surface area contributed by atoms with Gasteiger partial charge in [0.05, 0.1) is 0 Å². The molecule has 1 aromatic rings. The summed E-state index contributed by atoms with van der Waals surface area (Å²) in [5.41, 5.74) is 1.64. The number of ether oxygens (including phenoxy) is 1. The number of hydrogen-bond acceptors (Lipinski definition) is 2. The normalized spacial score (nSPS) is 31.2. The summed E-state index contributed by atoms with van der Waals surface area (Å²) in [5.74, 6) is 1.32. The average Bonchev–Trinajstić information content (AvgIpc) is 2.91. The molecule has 0 aromatic heterocycles. The molecule has 120 valence electrons. The van der Waals surface area contributed by atoms with E-state index < -0.39 is 0 Å². The molecule has 1 N–H and O–H groups in total. The van der Waals surface area contributed by atoms with E-state index in [9.17, 15) is 4.79 Å². The highest BCUT2D eigenvalue weighted by molar-refractivity contribution is 5.79. The third-order valence-corrected chi connectivity index (χ3v) is 5.21. The molecular weight excluding hydrogens is 274 g/mol. The Labute approximate surface area is 133 Å². The van der Waals surface area contributed by atoms with Crippen LogP contribution in [0.3, 0.4) is 0 Å². The first-order valence-corrected chi connectivity index (χ1v) is 8.44. The predicted molar refractivity (Wildman–Crippen MR) is 88.0 cm³/mol. The molecule has 1 aliphatic carbocycles. The summed E-state index contributed by atoms with van der Waals surface area (Å²) in [6.07, 6.45) is 6.82. The van der Waals surface area contributed by atoms with E-state index in [0.29, 0.717) is 11.5 Å². The van der Waals surface area contributed by atoms with Gasteiger partial charge in [-0.25, -0.2) is 0 Å². The predicted octanol–water partition coefficient (Wildman–Crippen LogP) is 3.86. The molecule has 1 saturated heterocycles. The Bertz CT molecular complexity index is 539. The number of rotatable bonds is 0. The second-order valence-corrected chi connectivity index (χ2v) is 7.84. The largest absolute Gasteiger partial charge is 0.487 e. The van der Waals surface area contributed by atoms with Gasteiger partial charge in [-0.15, -0.1) is 0 Å². The first kappa shape index (κ1) is 15.4. The van der Waals surface area contributed by atoms with Gasteiger partial charge in [0.15, 0.2) is 0 Å². The van der Waals surface area contributed by atoms with Crippen molar-refractivity contribution in [3.8, 4) is 5.75 Å². The fourth-order valence-electron chi connectivity index (χ4n) is 4.01. The van der Waals surface area contributed by atoms with Crippen molar-refractivity contribution in [2.75, 3.05) is 0 Å². The van der Waals surface area contributed by atoms with E-state index >= 15 is 0 Å². The van der Waals surface area contributed by atoms with Gasteiger partial charge < -0.3 is 10.1 Å². The smallest absolute Gasteiger partial charge is 0.220 e. The summed E-state index contributed by atoms with van der Waals surface area (Å²) in [5, 5.41) is 3.06. The minimum Gasteiger partial charge on any atom is -0.487 e. The lowest BCUT2D eigenvalue weighted by Gasteiger charge is -2.34. The Morgan fingerprint density at radius 3 is 2.64 bits per heavy atom. The summed E-state index contributed by atoms with van der Waals surface area (Å²) in [6, 6.07) is 8.72. The van der Waals surface area contributed by atoms with E-state index in [1.807, 2.05) is 12.1 Å². The molecule has 1 amide bonds. The van der Waals surface area contributed by atoms with Crippen molar-refractivity contribution in [1.82, 2.24) is 5.32 Å². The van der Waals surface area contributed by atoms with Crippen LogP contribution in [0.1, 0.15) is 58.4 Å². The molecule has 0 bridgehead atoms. The van der Waals surface area contributed by atoms with Crippen LogP contribution < -0.4 is 10.1 Å². The lowest BCUT2D eigenvalue weighted by molar-refractivity contribution is -0.119. The Morgan fingerprint density at radius 1 is 1.14 bits per heavy atom. The highest BCUT2D eigenvalue weighted by atomic mass is 16.5. The van der Waals surface area contributed by atoms with Gasteiger partial charge in [0.1, 0.15) is 11.4 Å². The lowest BCUT2D eigenvalue weighted by atomic mass is 9.72. The molecule has 3 nitrogen and oxygen atoms in total. The third kappa shape index (κ3) is 3.13. The number of carbonyl (C=O) groups excluding carboxylic acids is 1. The van der Waals surface area contributed by atoms with Gasteiger partial charge in [-0.2, -0.15) is 0 Å². The molecule has 3 heteroatoms. The number of nitrogens with one attached hydrogen (secondary N) is 1. The maximum absolute atomic E-state index is 11.1. The van der Waals surface area contributed by atoms with Crippen LogP contribution in [0.5, 0.6) is 5.75 Å². The van der Waals surface area contributed by atoms with Gasteiger partial charge in [0.2, 0.25) is 5.91 Å². The Kier molecular flexibility index (Phi) is 3.92. The Hall–Kier alpha value is -1.51. The van der Waals surface area contributed by atoms with Crippen LogP contribution in [0.25, 0.3) is 0 Å². The number of amides is 1. The highest BCUT2D eigenvalue weighted by Gasteiger charge is 2.43. The van der Waals surface area contributed by atoms with Gasteiger partial charge in [0.25, 0.3) is 0 Å². The summed E-state index contributed by atoms with van der Waals surface area (Å²) in [7, 11) is 0. The van der Waals surface area contributed by atoms with Crippen LogP contribution in [0, 0.1) is 5.41 Å². The van der Waals surface area contributed by atoms with E-state index in [4.69, 9.17) is 4.74 Å². The van der Waals surface area contributed by atoms with E-state index in [1.165, 1.54) is 31.2 Å². The summed E-state index contributed by atoms with van der Waals surface area (Å²) in [6.45, 7) is 6.48. The van der Waals surface area contributed by atoms with Crippen LogP contribution in [-0.4, -0.2) is 17.6 Å². The average molecular weight is 301 g/mol. The lowest BCUT2D eigenvalue weighted by Crippen LogP contribution is -2.37. The zero-order valence-corrected chi connectivity index (χ0v) is 13.9. The van der Waals surface area contributed by atoms with Crippen molar-refractivity contribution < 1.29 is 9.53 Å². The van der Waals surface area contributed by atoms with Gasteiger partial charge in [-0.05, 0) is 43.7 Å². The molecule has 0 unspecified atom stereocenters. The molecular formula is C19H27NO2. The van der Waals surface area contributed by atoms with Crippen molar-refractivity contribution in [1.29, 1.82) is 0 Å². The van der Waals surface area contributed by atoms with Crippen molar-refractivity contribution in [2.24, 2.45) is 5.41 Å². The van der Waals surface area contributed by atoms with Gasteiger partial charge >= 0.3 is 0 Å². The maximum atomic E-state index is 11.1. The zero-order valence-electron chi connectivity index (χ0n) is 13.9. The zero-order chi connectivity index (χ0) is 15.8. The molecule has 2 atom stereocenters. The fraction of sp³-hybridized carbons (Fsp3) is 0.632. The molecule has 22 heavy (non-hydrogen) atoms. The topological polar surface area (TPSA) is 38.3 Å². The van der Waals surface area contributed by atoms with Crippen LogP contribution >= 0.6 is 0 Å². The number of hydrogen-bond donors (Lipinski definition) is 1. The van der Waals surface area contributed by atoms with Crippen molar-refractivity contribution in [3.63, 3.8) is 0 Å². The number of fused-ring (bicyclic) bond motifs is 2.